The number of aliphatic hydroxyl groups is 2. The zero-order chi connectivity index (χ0) is 22.9. The number of carbonyl (C=O) groups is 1. The molecule has 0 spiro atoms. The lowest BCUT2D eigenvalue weighted by atomic mass is 9.96. The summed E-state index contributed by atoms with van der Waals surface area (Å²) in [5, 5.41) is 22.6. The molecule has 0 aliphatic carbocycles. The van der Waals surface area contributed by atoms with Crippen molar-refractivity contribution >= 4 is 13.7 Å². The second-order valence-corrected chi connectivity index (χ2v) is 8.94. The predicted octanol–water partition coefficient (Wildman–Crippen LogP) is 2.22. The highest BCUT2D eigenvalue weighted by atomic mass is 31.2. The van der Waals surface area contributed by atoms with Crippen molar-refractivity contribution in [1.29, 1.82) is 0 Å². The number of halogens is 1. The molecule has 11 heteroatoms. The Morgan fingerprint density at radius 2 is 1.87 bits per heavy atom. The minimum absolute atomic E-state index is 0.197. The molecule has 0 aliphatic heterocycles. The molecule has 1 rings (SSSR count). The number of methoxy groups -OCH3 is 1. The average molecular weight is 451 g/mol. The Morgan fingerprint density at radius 3 is 2.37 bits per heavy atom. The van der Waals surface area contributed by atoms with Gasteiger partial charge in [0.25, 0.3) is 0 Å². The molecule has 0 radical (unpaired) electrons. The molecule has 172 valence electrons. The first kappa shape index (κ1) is 26.5. The van der Waals surface area contributed by atoms with Gasteiger partial charge in [-0.3, -0.25) is 9.32 Å². The van der Waals surface area contributed by atoms with E-state index in [9.17, 15) is 24.0 Å². The summed E-state index contributed by atoms with van der Waals surface area (Å²) in [5.74, 6) is -0.475. The zero-order valence-corrected chi connectivity index (χ0v) is 18.7. The third-order valence-corrected chi connectivity index (χ3v) is 5.64. The van der Waals surface area contributed by atoms with Gasteiger partial charge in [-0.05, 0) is 39.8 Å². The molecule has 0 fully saturated rings. The molecule has 0 saturated carbocycles. The van der Waals surface area contributed by atoms with E-state index in [4.69, 9.17) is 18.5 Å². The molecule has 0 amide bonds. The third-order valence-electron chi connectivity index (χ3n) is 4.00. The van der Waals surface area contributed by atoms with E-state index in [0.29, 0.717) is 0 Å². The first-order chi connectivity index (χ1) is 13.9. The molecule has 1 aromatic rings. The van der Waals surface area contributed by atoms with E-state index < -0.39 is 50.8 Å². The summed E-state index contributed by atoms with van der Waals surface area (Å²) in [6, 6.07) is 7.04. The van der Waals surface area contributed by atoms with Crippen LogP contribution < -0.4 is 9.61 Å². The molecular formula is C19H31FNO8P. The lowest BCUT2D eigenvalue weighted by Gasteiger charge is -2.32. The van der Waals surface area contributed by atoms with Crippen LogP contribution in [0.3, 0.4) is 0 Å². The molecule has 1 aromatic carbocycles. The van der Waals surface area contributed by atoms with E-state index in [1.807, 2.05) is 0 Å². The van der Waals surface area contributed by atoms with Gasteiger partial charge in [-0.2, -0.15) is 5.09 Å². The average Bonchev–Trinajstić information content (AvgIpc) is 2.68. The second-order valence-electron chi connectivity index (χ2n) is 7.24. The largest absolute Gasteiger partial charge is 0.462 e. The van der Waals surface area contributed by atoms with Crippen LogP contribution in [0.2, 0.25) is 0 Å². The minimum Gasteiger partial charge on any atom is -0.462 e. The van der Waals surface area contributed by atoms with E-state index in [1.165, 1.54) is 26.2 Å². The molecule has 0 unspecified atom stereocenters. The standard InChI is InChI=1S/C19H31FNO8P/c1-13(2)28-18(23)14(3)21-30(25,29-15-9-7-6-8-10-15)27-11-16(26-5)17(22)19(4,24)12-20/h6-10,13-14,16-17,22,24H,11-12H2,1-5H3,(H,21,25)/t14-,16+,17+,19+,30-/m0/s1. The number of hydrogen-bond donors (Lipinski definition) is 3. The Balaban J connectivity index is 2.99. The Kier molecular flexibility index (Phi) is 10.4. The van der Waals surface area contributed by atoms with Crippen LogP contribution in [0.4, 0.5) is 4.39 Å². The smallest absolute Gasteiger partial charge is 0.459 e. The van der Waals surface area contributed by atoms with Crippen LogP contribution in [0.1, 0.15) is 27.7 Å². The van der Waals surface area contributed by atoms with E-state index >= 15 is 0 Å². The van der Waals surface area contributed by atoms with Crippen LogP contribution in [-0.4, -0.2) is 66.5 Å². The lowest BCUT2D eigenvalue weighted by molar-refractivity contribution is -0.149. The van der Waals surface area contributed by atoms with Crippen molar-refractivity contribution < 1.29 is 42.5 Å². The van der Waals surface area contributed by atoms with Gasteiger partial charge in [-0.15, -0.1) is 0 Å². The molecule has 0 heterocycles. The van der Waals surface area contributed by atoms with E-state index in [1.54, 1.807) is 32.0 Å². The summed E-state index contributed by atoms with van der Waals surface area (Å²) in [4.78, 5) is 12.1. The van der Waals surface area contributed by atoms with E-state index in [-0.39, 0.29) is 11.9 Å². The van der Waals surface area contributed by atoms with Crippen molar-refractivity contribution in [3.05, 3.63) is 30.3 Å². The first-order valence-corrected chi connectivity index (χ1v) is 10.9. The number of nitrogens with one attached hydrogen (secondary N) is 1. The molecule has 0 saturated heterocycles. The first-order valence-electron chi connectivity index (χ1n) is 9.40. The number of hydrogen-bond acceptors (Lipinski definition) is 8. The van der Waals surface area contributed by atoms with Crippen molar-refractivity contribution in [1.82, 2.24) is 5.09 Å². The lowest BCUT2D eigenvalue weighted by Crippen LogP contribution is -2.51. The van der Waals surface area contributed by atoms with Crippen molar-refractivity contribution in [2.24, 2.45) is 0 Å². The summed E-state index contributed by atoms with van der Waals surface area (Å²) < 4.78 is 47.3. The number of ether oxygens (including phenoxy) is 2. The topological polar surface area (TPSA) is 124 Å². The monoisotopic (exact) mass is 451 g/mol. The third kappa shape index (κ3) is 8.29. The van der Waals surface area contributed by atoms with Crippen LogP contribution in [-0.2, 0) is 23.4 Å². The summed E-state index contributed by atoms with van der Waals surface area (Å²) in [7, 11) is -2.97. The zero-order valence-electron chi connectivity index (χ0n) is 17.8. The van der Waals surface area contributed by atoms with Crippen molar-refractivity contribution in [3.63, 3.8) is 0 Å². The quantitative estimate of drug-likeness (QED) is 0.306. The highest BCUT2D eigenvalue weighted by Gasteiger charge is 2.40. The van der Waals surface area contributed by atoms with Crippen LogP contribution in [0.15, 0.2) is 30.3 Å². The number of aliphatic hydroxyl groups excluding tert-OH is 1. The van der Waals surface area contributed by atoms with Crippen LogP contribution >= 0.6 is 7.75 Å². The van der Waals surface area contributed by atoms with Crippen molar-refractivity contribution in [2.45, 2.75) is 57.6 Å². The summed E-state index contributed by atoms with van der Waals surface area (Å²) >= 11 is 0. The van der Waals surface area contributed by atoms with Gasteiger partial charge in [0.2, 0.25) is 0 Å². The number of alkyl halides is 1. The molecule has 5 atom stereocenters. The highest BCUT2D eigenvalue weighted by Crippen LogP contribution is 2.45. The maximum absolute atomic E-state index is 13.3. The van der Waals surface area contributed by atoms with Gasteiger partial charge in [0, 0.05) is 7.11 Å². The Hall–Kier alpha value is -1.55. The molecule has 9 nitrogen and oxygen atoms in total. The van der Waals surface area contributed by atoms with Crippen molar-refractivity contribution in [3.8, 4) is 5.75 Å². The van der Waals surface area contributed by atoms with Crippen LogP contribution in [0.25, 0.3) is 0 Å². The normalized spacial score (nSPS) is 18.7. The van der Waals surface area contributed by atoms with E-state index in [2.05, 4.69) is 5.09 Å². The number of rotatable bonds is 13. The predicted molar refractivity (Wildman–Crippen MR) is 108 cm³/mol. The van der Waals surface area contributed by atoms with Crippen molar-refractivity contribution in [2.75, 3.05) is 20.4 Å². The summed E-state index contributed by atoms with van der Waals surface area (Å²) in [6.07, 6.45) is -3.29. The number of carbonyl (C=O) groups excluding carboxylic acids is 1. The van der Waals surface area contributed by atoms with Gasteiger partial charge in [0.15, 0.2) is 0 Å². The molecule has 0 bridgehead atoms. The van der Waals surface area contributed by atoms with Gasteiger partial charge in [-0.1, -0.05) is 18.2 Å². The van der Waals surface area contributed by atoms with Crippen LogP contribution in [0, 0.1) is 0 Å². The Morgan fingerprint density at radius 1 is 1.27 bits per heavy atom. The van der Waals surface area contributed by atoms with Gasteiger partial charge >= 0.3 is 13.7 Å². The maximum Gasteiger partial charge on any atom is 0.459 e. The number of esters is 1. The fourth-order valence-corrected chi connectivity index (χ4v) is 3.78. The summed E-state index contributed by atoms with van der Waals surface area (Å²) in [5.41, 5.74) is -2.10. The van der Waals surface area contributed by atoms with Crippen LogP contribution in [0.5, 0.6) is 5.75 Å². The molecule has 0 aliphatic rings. The number of benzene rings is 1. The molecule has 3 N–H and O–H groups in total. The molecular weight excluding hydrogens is 420 g/mol. The Bertz CT molecular complexity index is 703. The fraction of sp³-hybridized carbons (Fsp3) is 0.632. The molecule has 0 aromatic heterocycles. The second kappa shape index (κ2) is 11.7. The van der Waals surface area contributed by atoms with Gasteiger partial charge in [-0.25, -0.2) is 8.96 Å². The maximum atomic E-state index is 13.3. The molecule has 30 heavy (non-hydrogen) atoms. The van der Waals surface area contributed by atoms with Gasteiger partial charge in [0.1, 0.15) is 36.3 Å². The number of para-hydroxylation sites is 1. The summed E-state index contributed by atoms with van der Waals surface area (Å²) in [6.45, 7) is 4.09. The van der Waals surface area contributed by atoms with Gasteiger partial charge < -0.3 is 24.2 Å². The SMILES string of the molecule is CO[C@H](CO[P@@](=O)(N[C@@H](C)C(=O)OC(C)C)Oc1ccccc1)[C@@H](O)[C@](C)(O)CF. The Labute approximate surface area is 176 Å². The van der Waals surface area contributed by atoms with E-state index in [0.717, 1.165) is 6.92 Å². The van der Waals surface area contributed by atoms with Gasteiger partial charge in [0.05, 0.1) is 12.7 Å². The minimum atomic E-state index is -4.18. The fourth-order valence-electron chi connectivity index (χ4n) is 2.27. The highest BCUT2D eigenvalue weighted by molar-refractivity contribution is 7.52.